The Morgan fingerprint density at radius 3 is 2.65 bits per heavy atom. The molecule has 2 heterocycles. The van der Waals surface area contributed by atoms with E-state index in [1.165, 1.54) is 5.56 Å². The molecule has 0 saturated carbocycles. The number of nitrogens with zero attached hydrogens (tertiary/aromatic N) is 3. The van der Waals surface area contributed by atoms with Crippen LogP contribution in [0.2, 0.25) is 0 Å². The number of hydrogen-bond acceptors (Lipinski definition) is 5. The summed E-state index contributed by atoms with van der Waals surface area (Å²) in [5.41, 5.74) is 8.00. The Hall–Kier alpha value is -3.41. The van der Waals surface area contributed by atoms with E-state index in [0.717, 1.165) is 17.9 Å². The van der Waals surface area contributed by atoms with Crippen molar-refractivity contribution in [2.24, 2.45) is 5.73 Å². The first-order valence-electron chi connectivity index (χ1n) is 8.32. The molecular weight excluding hydrogens is 326 g/mol. The largest absolute Gasteiger partial charge is 0.366 e. The van der Waals surface area contributed by atoms with Gasteiger partial charge in [0.15, 0.2) is 0 Å². The molecule has 1 aromatic carbocycles. The fourth-order valence-corrected chi connectivity index (χ4v) is 2.71. The summed E-state index contributed by atoms with van der Waals surface area (Å²) in [6.07, 6.45) is 3.35. The molecule has 2 aromatic heterocycles. The van der Waals surface area contributed by atoms with Gasteiger partial charge in [-0.1, -0.05) is 36.4 Å². The van der Waals surface area contributed by atoms with Gasteiger partial charge in [0.1, 0.15) is 11.6 Å². The Morgan fingerprint density at radius 1 is 1.08 bits per heavy atom. The number of primary amides is 1. The molecule has 0 fully saturated rings. The molecule has 3 rings (SSSR count). The number of carbonyl (C=O) groups is 1. The van der Waals surface area contributed by atoms with Gasteiger partial charge in [-0.05, 0) is 23.8 Å². The first-order valence-corrected chi connectivity index (χ1v) is 8.32. The molecular formula is C20H21N5O. The fraction of sp³-hybridized carbons (Fsp3) is 0.150. The monoisotopic (exact) mass is 347 g/mol. The summed E-state index contributed by atoms with van der Waals surface area (Å²) in [6.45, 7) is 1.30. The first-order chi connectivity index (χ1) is 12.6. The average molecular weight is 347 g/mol. The summed E-state index contributed by atoms with van der Waals surface area (Å²) < 4.78 is 0. The maximum atomic E-state index is 11.3. The van der Waals surface area contributed by atoms with Gasteiger partial charge < -0.3 is 16.0 Å². The molecule has 6 heteroatoms. The van der Waals surface area contributed by atoms with Crippen LogP contribution in [0.1, 0.15) is 21.5 Å². The highest BCUT2D eigenvalue weighted by atomic mass is 16.1. The van der Waals surface area contributed by atoms with Crippen LogP contribution in [-0.4, -0.2) is 22.9 Å². The molecule has 6 nitrogen and oxygen atoms in total. The zero-order valence-electron chi connectivity index (χ0n) is 14.6. The van der Waals surface area contributed by atoms with Crippen molar-refractivity contribution in [1.29, 1.82) is 0 Å². The molecule has 0 aliphatic rings. The van der Waals surface area contributed by atoms with E-state index in [1.54, 1.807) is 24.5 Å². The second kappa shape index (κ2) is 8.11. The van der Waals surface area contributed by atoms with E-state index in [9.17, 15) is 4.79 Å². The van der Waals surface area contributed by atoms with Gasteiger partial charge in [-0.2, -0.15) is 0 Å². The van der Waals surface area contributed by atoms with Gasteiger partial charge in [-0.15, -0.1) is 0 Å². The van der Waals surface area contributed by atoms with Gasteiger partial charge in [0.05, 0.1) is 0 Å². The van der Waals surface area contributed by atoms with Crippen LogP contribution in [0.3, 0.4) is 0 Å². The van der Waals surface area contributed by atoms with Crippen molar-refractivity contribution in [2.75, 3.05) is 17.3 Å². The topological polar surface area (TPSA) is 84.1 Å². The zero-order chi connectivity index (χ0) is 18.4. The van der Waals surface area contributed by atoms with Crippen molar-refractivity contribution >= 4 is 17.5 Å². The van der Waals surface area contributed by atoms with E-state index >= 15 is 0 Å². The predicted molar refractivity (Wildman–Crippen MR) is 103 cm³/mol. The van der Waals surface area contributed by atoms with Gasteiger partial charge in [-0.25, -0.2) is 9.97 Å². The molecule has 0 aliphatic heterocycles. The highest BCUT2D eigenvalue weighted by molar-refractivity contribution is 5.93. The lowest BCUT2D eigenvalue weighted by molar-refractivity contribution is 0.1000. The molecule has 0 spiro atoms. The van der Waals surface area contributed by atoms with Crippen molar-refractivity contribution in [3.05, 3.63) is 83.7 Å². The van der Waals surface area contributed by atoms with E-state index in [0.29, 0.717) is 17.9 Å². The summed E-state index contributed by atoms with van der Waals surface area (Å²) in [7, 11) is 2.02. The number of pyridine rings is 2. The number of hydrogen-bond donors (Lipinski definition) is 2. The fourth-order valence-electron chi connectivity index (χ4n) is 2.71. The van der Waals surface area contributed by atoms with Crippen LogP contribution in [0.15, 0.2) is 67.0 Å². The molecule has 3 aromatic rings. The number of anilines is 2. The quantitative estimate of drug-likeness (QED) is 0.686. The molecule has 0 saturated heterocycles. The minimum atomic E-state index is -0.472. The molecule has 0 unspecified atom stereocenters. The molecule has 1 amide bonds. The van der Waals surface area contributed by atoms with Crippen LogP contribution < -0.4 is 16.0 Å². The first kappa shape index (κ1) is 17.4. The van der Waals surface area contributed by atoms with E-state index in [1.807, 2.05) is 37.4 Å². The van der Waals surface area contributed by atoms with E-state index in [-0.39, 0.29) is 0 Å². The highest BCUT2D eigenvalue weighted by Crippen LogP contribution is 2.19. The van der Waals surface area contributed by atoms with Crippen LogP contribution in [0, 0.1) is 0 Å². The molecule has 0 bridgehead atoms. The molecule has 132 valence electrons. The molecule has 0 aliphatic carbocycles. The summed E-state index contributed by atoms with van der Waals surface area (Å²) in [5.74, 6) is 1.02. The molecule has 3 N–H and O–H groups in total. The number of nitrogens with two attached hydrogens (primary N) is 1. The Morgan fingerprint density at radius 2 is 1.88 bits per heavy atom. The number of benzene rings is 1. The summed E-state index contributed by atoms with van der Waals surface area (Å²) >= 11 is 0. The average Bonchev–Trinajstić information content (AvgIpc) is 2.67. The van der Waals surface area contributed by atoms with Crippen molar-refractivity contribution in [3.8, 4) is 0 Å². The Kier molecular flexibility index (Phi) is 5.43. The van der Waals surface area contributed by atoms with Gasteiger partial charge in [0, 0.05) is 43.7 Å². The lowest BCUT2D eigenvalue weighted by atomic mass is 10.2. The van der Waals surface area contributed by atoms with Crippen molar-refractivity contribution in [3.63, 3.8) is 0 Å². The number of nitrogens with one attached hydrogen (secondary N) is 1. The van der Waals surface area contributed by atoms with Gasteiger partial charge >= 0.3 is 0 Å². The third-order valence-corrected chi connectivity index (χ3v) is 4.00. The third-order valence-electron chi connectivity index (χ3n) is 4.00. The minimum absolute atomic E-state index is 0.426. The van der Waals surface area contributed by atoms with Crippen molar-refractivity contribution < 1.29 is 4.79 Å². The summed E-state index contributed by atoms with van der Waals surface area (Å²) in [4.78, 5) is 22.2. The molecule has 0 radical (unpaired) electrons. The second-order valence-electron chi connectivity index (χ2n) is 5.98. The minimum Gasteiger partial charge on any atom is -0.366 e. The lowest BCUT2D eigenvalue weighted by Gasteiger charge is -2.21. The van der Waals surface area contributed by atoms with Crippen LogP contribution in [0.25, 0.3) is 0 Å². The van der Waals surface area contributed by atoms with Gasteiger partial charge in [-0.3, -0.25) is 4.79 Å². The number of rotatable bonds is 7. The normalized spacial score (nSPS) is 10.3. The Bertz CT molecular complexity index is 882. The Balaban J connectivity index is 1.73. The van der Waals surface area contributed by atoms with Gasteiger partial charge in [0.25, 0.3) is 0 Å². The van der Waals surface area contributed by atoms with Crippen molar-refractivity contribution in [1.82, 2.24) is 9.97 Å². The third kappa shape index (κ3) is 4.36. The lowest BCUT2D eigenvalue weighted by Crippen LogP contribution is -2.20. The molecule has 0 atom stereocenters. The molecule has 26 heavy (non-hydrogen) atoms. The van der Waals surface area contributed by atoms with E-state index in [2.05, 4.69) is 32.3 Å². The van der Waals surface area contributed by atoms with E-state index in [4.69, 9.17) is 5.73 Å². The maximum Gasteiger partial charge on any atom is 0.248 e. The van der Waals surface area contributed by atoms with Crippen LogP contribution in [-0.2, 0) is 13.1 Å². The highest BCUT2D eigenvalue weighted by Gasteiger charge is 2.10. The second-order valence-corrected chi connectivity index (χ2v) is 5.98. The van der Waals surface area contributed by atoms with E-state index < -0.39 is 5.91 Å². The van der Waals surface area contributed by atoms with Crippen LogP contribution in [0.5, 0.6) is 0 Å². The zero-order valence-corrected chi connectivity index (χ0v) is 14.6. The smallest absolute Gasteiger partial charge is 0.248 e. The SMILES string of the molecule is CN(Cc1ccccc1)c1ncccc1CNc1cc(C(N)=O)ccn1. The number of carbonyl (C=O) groups excluding carboxylic acids is 1. The van der Waals surface area contributed by atoms with Crippen LogP contribution >= 0.6 is 0 Å². The number of amides is 1. The predicted octanol–water partition coefficient (Wildman–Crippen LogP) is 2.82. The standard InChI is InChI=1S/C20H21N5O/c1-25(14-15-6-3-2-4-7-15)20-17(8-5-10-23-20)13-24-18-12-16(19(21)26)9-11-22-18/h2-12H,13-14H2,1H3,(H2,21,26)(H,22,24). The van der Waals surface area contributed by atoms with Gasteiger partial charge in [0.2, 0.25) is 5.91 Å². The number of aromatic nitrogens is 2. The maximum absolute atomic E-state index is 11.3. The summed E-state index contributed by atoms with van der Waals surface area (Å²) in [6, 6.07) is 17.4. The van der Waals surface area contributed by atoms with Crippen LogP contribution in [0.4, 0.5) is 11.6 Å². The Labute approximate surface area is 152 Å². The summed E-state index contributed by atoms with van der Waals surface area (Å²) in [5, 5.41) is 3.23. The van der Waals surface area contributed by atoms with Crippen molar-refractivity contribution in [2.45, 2.75) is 13.1 Å².